The third-order valence-corrected chi connectivity index (χ3v) is 3.62. The molecule has 0 aromatic heterocycles. The smallest absolute Gasteiger partial charge is 0.262 e. The summed E-state index contributed by atoms with van der Waals surface area (Å²) in [5.74, 6) is 0.776. The third kappa shape index (κ3) is 4.50. The molecule has 0 heterocycles. The predicted octanol–water partition coefficient (Wildman–Crippen LogP) is 4.79. The molecule has 2 aromatic rings. The minimum atomic E-state index is -0.213. The molecule has 0 atom stereocenters. The number of ether oxygens (including phenoxy) is 1. The van der Waals surface area contributed by atoms with Crippen LogP contribution in [0.3, 0.4) is 0 Å². The first-order valence-corrected chi connectivity index (χ1v) is 7.62. The summed E-state index contributed by atoms with van der Waals surface area (Å²) in [6, 6.07) is 13.3. The lowest BCUT2D eigenvalue weighted by molar-refractivity contribution is -0.118. The highest BCUT2D eigenvalue weighted by molar-refractivity contribution is 6.32. The normalized spacial score (nSPS) is 10.6. The van der Waals surface area contributed by atoms with Crippen molar-refractivity contribution < 1.29 is 9.53 Å². The maximum absolute atomic E-state index is 11.9. The SMILES string of the molecule is Cc1ccc(Cl)c(OCC(=O)Nc2ccc(C(C)C)cc2)c1. The molecule has 0 aliphatic heterocycles. The van der Waals surface area contributed by atoms with Crippen LogP contribution in [0.15, 0.2) is 42.5 Å². The van der Waals surface area contributed by atoms with Crippen molar-refractivity contribution in [2.24, 2.45) is 0 Å². The Bertz CT molecular complexity index is 651. The maximum Gasteiger partial charge on any atom is 0.262 e. The molecule has 0 aliphatic carbocycles. The van der Waals surface area contributed by atoms with Crippen LogP contribution in [0, 0.1) is 6.92 Å². The van der Waals surface area contributed by atoms with Crippen LogP contribution >= 0.6 is 11.6 Å². The molecule has 22 heavy (non-hydrogen) atoms. The van der Waals surface area contributed by atoms with Crippen molar-refractivity contribution in [3.05, 3.63) is 58.6 Å². The van der Waals surface area contributed by atoms with Gasteiger partial charge in [0.25, 0.3) is 5.91 Å². The number of nitrogens with one attached hydrogen (secondary N) is 1. The molecular formula is C18H20ClNO2. The molecule has 3 nitrogen and oxygen atoms in total. The van der Waals surface area contributed by atoms with Crippen LogP contribution in [-0.4, -0.2) is 12.5 Å². The monoisotopic (exact) mass is 317 g/mol. The van der Waals surface area contributed by atoms with Gasteiger partial charge in [0, 0.05) is 5.69 Å². The Kier molecular flexibility index (Phi) is 5.45. The van der Waals surface area contributed by atoms with Gasteiger partial charge in [0.05, 0.1) is 5.02 Å². The predicted molar refractivity (Wildman–Crippen MR) is 90.8 cm³/mol. The topological polar surface area (TPSA) is 38.3 Å². The van der Waals surface area contributed by atoms with Crippen LogP contribution < -0.4 is 10.1 Å². The molecule has 0 unspecified atom stereocenters. The molecule has 1 amide bonds. The molecule has 0 fully saturated rings. The lowest BCUT2D eigenvalue weighted by Gasteiger charge is -2.10. The number of hydrogen-bond donors (Lipinski definition) is 1. The summed E-state index contributed by atoms with van der Waals surface area (Å²) in [7, 11) is 0. The van der Waals surface area contributed by atoms with Crippen molar-refractivity contribution in [1.29, 1.82) is 0 Å². The first kappa shape index (κ1) is 16.4. The van der Waals surface area contributed by atoms with Crippen molar-refractivity contribution in [2.75, 3.05) is 11.9 Å². The molecule has 0 saturated carbocycles. The quantitative estimate of drug-likeness (QED) is 0.861. The van der Waals surface area contributed by atoms with E-state index in [0.29, 0.717) is 16.7 Å². The summed E-state index contributed by atoms with van der Waals surface area (Å²) < 4.78 is 5.47. The number of aryl methyl sites for hydroxylation is 1. The largest absolute Gasteiger partial charge is 0.482 e. The molecule has 0 aliphatic rings. The van der Waals surface area contributed by atoms with Gasteiger partial charge in [-0.15, -0.1) is 0 Å². The first-order chi connectivity index (χ1) is 10.5. The zero-order valence-electron chi connectivity index (χ0n) is 13.0. The van der Waals surface area contributed by atoms with Crippen LogP contribution in [0.4, 0.5) is 5.69 Å². The lowest BCUT2D eigenvalue weighted by Crippen LogP contribution is -2.20. The van der Waals surface area contributed by atoms with Crippen molar-refractivity contribution >= 4 is 23.2 Å². The highest BCUT2D eigenvalue weighted by Crippen LogP contribution is 2.25. The molecule has 2 aromatic carbocycles. The summed E-state index contributed by atoms with van der Waals surface area (Å²) >= 11 is 6.03. The van der Waals surface area contributed by atoms with Gasteiger partial charge in [0.15, 0.2) is 6.61 Å². The average Bonchev–Trinajstić information content (AvgIpc) is 2.49. The third-order valence-electron chi connectivity index (χ3n) is 3.31. The van der Waals surface area contributed by atoms with Gasteiger partial charge in [-0.1, -0.05) is 43.6 Å². The average molecular weight is 318 g/mol. The number of benzene rings is 2. The van der Waals surface area contributed by atoms with E-state index in [1.54, 1.807) is 6.07 Å². The minimum Gasteiger partial charge on any atom is -0.482 e. The Morgan fingerprint density at radius 1 is 1.18 bits per heavy atom. The molecule has 2 rings (SSSR count). The zero-order valence-corrected chi connectivity index (χ0v) is 13.8. The van der Waals surface area contributed by atoms with E-state index in [4.69, 9.17) is 16.3 Å². The van der Waals surface area contributed by atoms with Crippen molar-refractivity contribution in [3.63, 3.8) is 0 Å². The van der Waals surface area contributed by atoms with Gasteiger partial charge in [-0.25, -0.2) is 0 Å². The van der Waals surface area contributed by atoms with Crippen LogP contribution in [0.25, 0.3) is 0 Å². The molecule has 0 saturated heterocycles. The maximum atomic E-state index is 11.9. The summed E-state index contributed by atoms with van der Waals surface area (Å²) in [5, 5.41) is 3.31. The number of anilines is 1. The fourth-order valence-electron chi connectivity index (χ4n) is 2.01. The van der Waals surface area contributed by atoms with E-state index in [2.05, 4.69) is 19.2 Å². The van der Waals surface area contributed by atoms with Crippen LogP contribution in [0.5, 0.6) is 5.75 Å². The Morgan fingerprint density at radius 2 is 1.86 bits per heavy atom. The molecular weight excluding hydrogens is 298 g/mol. The molecule has 0 spiro atoms. The number of carbonyl (C=O) groups is 1. The summed E-state index contributed by atoms with van der Waals surface area (Å²) in [4.78, 5) is 11.9. The number of halogens is 1. The van der Waals surface area contributed by atoms with Gasteiger partial charge in [0.1, 0.15) is 5.75 Å². The number of carbonyl (C=O) groups excluding carboxylic acids is 1. The van der Waals surface area contributed by atoms with E-state index >= 15 is 0 Å². The van der Waals surface area contributed by atoms with E-state index in [1.165, 1.54) is 5.56 Å². The molecule has 4 heteroatoms. The zero-order chi connectivity index (χ0) is 16.1. The van der Waals surface area contributed by atoms with Gasteiger partial charge in [-0.05, 0) is 48.2 Å². The first-order valence-electron chi connectivity index (χ1n) is 7.24. The van der Waals surface area contributed by atoms with Gasteiger partial charge in [-0.2, -0.15) is 0 Å². The summed E-state index contributed by atoms with van der Waals surface area (Å²) in [6.07, 6.45) is 0. The van der Waals surface area contributed by atoms with Crippen molar-refractivity contribution in [3.8, 4) is 5.75 Å². The highest BCUT2D eigenvalue weighted by Gasteiger charge is 2.07. The Balaban J connectivity index is 1.91. The van der Waals surface area contributed by atoms with Crippen molar-refractivity contribution in [2.45, 2.75) is 26.7 Å². The van der Waals surface area contributed by atoms with Crippen LogP contribution in [0.2, 0.25) is 5.02 Å². The number of hydrogen-bond acceptors (Lipinski definition) is 2. The van der Waals surface area contributed by atoms with Crippen molar-refractivity contribution in [1.82, 2.24) is 0 Å². The fraction of sp³-hybridized carbons (Fsp3) is 0.278. The molecule has 1 N–H and O–H groups in total. The fourth-order valence-corrected chi connectivity index (χ4v) is 2.19. The van der Waals surface area contributed by atoms with E-state index < -0.39 is 0 Å². The van der Waals surface area contributed by atoms with E-state index in [9.17, 15) is 4.79 Å². The van der Waals surface area contributed by atoms with Gasteiger partial charge in [-0.3, -0.25) is 4.79 Å². The van der Waals surface area contributed by atoms with Crippen LogP contribution in [0.1, 0.15) is 30.9 Å². The van der Waals surface area contributed by atoms with Gasteiger partial charge < -0.3 is 10.1 Å². The Hall–Kier alpha value is -2.00. The molecule has 0 radical (unpaired) electrons. The number of amides is 1. The summed E-state index contributed by atoms with van der Waals surface area (Å²) in [6.45, 7) is 6.13. The molecule has 0 bridgehead atoms. The van der Waals surface area contributed by atoms with E-state index in [-0.39, 0.29) is 12.5 Å². The Morgan fingerprint density at radius 3 is 2.50 bits per heavy atom. The lowest BCUT2D eigenvalue weighted by atomic mass is 10.0. The second-order valence-corrected chi connectivity index (χ2v) is 5.95. The summed E-state index contributed by atoms with van der Waals surface area (Å²) in [5.41, 5.74) is 3.03. The minimum absolute atomic E-state index is 0.0743. The van der Waals surface area contributed by atoms with E-state index in [1.807, 2.05) is 43.3 Å². The standard InChI is InChI=1S/C18H20ClNO2/c1-12(2)14-5-7-15(8-6-14)20-18(21)11-22-17-10-13(3)4-9-16(17)19/h4-10,12H,11H2,1-3H3,(H,20,21). The van der Waals surface area contributed by atoms with Gasteiger partial charge in [0.2, 0.25) is 0 Å². The highest BCUT2D eigenvalue weighted by atomic mass is 35.5. The molecule has 116 valence electrons. The van der Waals surface area contributed by atoms with E-state index in [0.717, 1.165) is 11.3 Å². The van der Waals surface area contributed by atoms with Gasteiger partial charge >= 0.3 is 0 Å². The Labute approximate surface area is 136 Å². The van der Waals surface area contributed by atoms with Crippen LogP contribution in [-0.2, 0) is 4.79 Å². The second-order valence-electron chi connectivity index (χ2n) is 5.55. The number of rotatable bonds is 5. The second kappa shape index (κ2) is 7.32.